The van der Waals surface area contributed by atoms with Crippen LogP contribution in [0.15, 0.2) is 0 Å². The summed E-state index contributed by atoms with van der Waals surface area (Å²) in [7, 11) is 1.33. The first kappa shape index (κ1) is 11.6. The van der Waals surface area contributed by atoms with Crippen molar-refractivity contribution in [2.45, 2.75) is 32.3 Å². The lowest BCUT2D eigenvalue weighted by Crippen LogP contribution is -2.34. The molecule has 0 aromatic rings. The molecule has 2 amide bonds. The minimum Gasteiger partial charge on any atom is -0.371 e. The quantitative estimate of drug-likeness (QED) is 0.618. The number of rotatable bonds is 4. The maximum absolute atomic E-state index is 11.4. The molecule has 0 saturated carbocycles. The van der Waals surface area contributed by atoms with Crippen LogP contribution in [-0.4, -0.2) is 36.1 Å². The van der Waals surface area contributed by atoms with E-state index in [-0.39, 0.29) is 12.8 Å². The predicted octanol–water partition coefficient (Wildman–Crippen LogP) is 0.0186. The summed E-state index contributed by atoms with van der Waals surface area (Å²) in [5.74, 6) is -1.75. The van der Waals surface area contributed by atoms with Crippen molar-refractivity contribution in [3.8, 4) is 0 Å². The van der Waals surface area contributed by atoms with Crippen molar-refractivity contribution in [2.24, 2.45) is 0 Å². The Morgan fingerprint density at radius 2 is 2.20 bits per heavy atom. The number of nitrogens with zero attached hydrogens (tertiary/aromatic N) is 1. The summed E-state index contributed by atoms with van der Waals surface area (Å²) in [6, 6.07) is 0. The lowest BCUT2D eigenvalue weighted by molar-refractivity contribution is -0.199. The molecular weight excluding hydrogens is 202 g/mol. The van der Waals surface area contributed by atoms with E-state index in [1.165, 1.54) is 7.11 Å². The Labute approximate surface area is 87.1 Å². The van der Waals surface area contributed by atoms with E-state index in [2.05, 4.69) is 4.84 Å². The number of carbonyl (C=O) groups is 3. The van der Waals surface area contributed by atoms with Gasteiger partial charge in [-0.1, -0.05) is 12.0 Å². The SMILES string of the molecule is CCCC(=O)ON1C(=O)CC(OC)C1=O. The summed E-state index contributed by atoms with van der Waals surface area (Å²) >= 11 is 0. The molecule has 6 nitrogen and oxygen atoms in total. The second-order valence-corrected chi connectivity index (χ2v) is 3.17. The van der Waals surface area contributed by atoms with Gasteiger partial charge >= 0.3 is 5.97 Å². The van der Waals surface area contributed by atoms with Gasteiger partial charge in [-0.3, -0.25) is 9.59 Å². The van der Waals surface area contributed by atoms with Crippen LogP contribution >= 0.6 is 0 Å². The van der Waals surface area contributed by atoms with Crippen LogP contribution in [0, 0.1) is 0 Å². The van der Waals surface area contributed by atoms with E-state index in [1.54, 1.807) is 6.92 Å². The standard InChI is InChI=1S/C9H13NO5/c1-3-4-8(12)15-10-7(11)5-6(14-2)9(10)13/h6H,3-5H2,1-2H3. The molecule has 1 fully saturated rings. The highest BCUT2D eigenvalue weighted by Crippen LogP contribution is 2.16. The van der Waals surface area contributed by atoms with Gasteiger partial charge in [0.05, 0.1) is 6.42 Å². The van der Waals surface area contributed by atoms with Crippen LogP contribution in [0.2, 0.25) is 0 Å². The van der Waals surface area contributed by atoms with Crippen LogP contribution in [0.3, 0.4) is 0 Å². The first-order valence-corrected chi connectivity index (χ1v) is 4.70. The molecule has 0 aromatic carbocycles. The first-order valence-electron chi connectivity index (χ1n) is 4.70. The molecule has 1 aliphatic rings. The fraction of sp³-hybridized carbons (Fsp3) is 0.667. The maximum atomic E-state index is 11.4. The molecule has 0 radical (unpaired) electrons. The lowest BCUT2D eigenvalue weighted by atomic mass is 10.3. The van der Waals surface area contributed by atoms with E-state index in [9.17, 15) is 14.4 Å². The van der Waals surface area contributed by atoms with Crippen molar-refractivity contribution >= 4 is 17.8 Å². The fourth-order valence-electron chi connectivity index (χ4n) is 1.21. The van der Waals surface area contributed by atoms with Crippen LogP contribution in [0.5, 0.6) is 0 Å². The molecule has 1 atom stereocenters. The lowest BCUT2D eigenvalue weighted by Gasteiger charge is -2.12. The van der Waals surface area contributed by atoms with E-state index in [4.69, 9.17) is 4.74 Å². The summed E-state index contributed by atoms with van der Waals surface area (Å²) in [6.45, 7) is 1.80. The van der Waals surface area contributed by atoms with Gasteiger partial charge in [-0.05, 0) is 6.42 Å². The Morgan fingerprint density at radius 1 is 1.53 bits per heavy atom. The number of hydroxylamine groups is 2. The van der Waals surface area contributed by atoms with Gasteiger partial charge < -0.3 is 9.57 Å². The minimum absolute atomic E-state index is 0.0747. The molecule has 0 aromatic heterocycles. The topological polar surface area (TPSA) is 72.9 Å². The zero-order chi connectivity index (χ0) is 11.4. The van der Waals surface area contributed by atoms with E-state index >= 15 is 0 Å². The van der Waals surface area contributed by atoms with Crippen LogP contribution in [0.4, 0.5) is 0 Å². The molecule has 6 heteroatoms. The Kier molecular flexibility index (Phi) is 3.79. The molecular formula is C9H13NO5. The van der Waals surface area contributed by atoms with E-state index in [1.807, 2.05) is 0 Å². The zero-order valence-corrected chi connectivity index (χ0v) is 8.69. The van der Waals surface area contributed by atoms with Gasteiger partial charge in [-0.2, -0.15) is 0 Å². The van der Waals surface area contributed by atoms with Gasteiger partial charge in [0.15, 0.2) is 0 Å². The molecule has 0 N–H and O–H groups in total. The smallest absolute Gasteiger partial charge is 0.333 e. The molecule has 0 aliphatic carbocycles. The molecule has 1 heterocycles. The van der Waals surface area contributed by atoms with Gasteiger partial charge in [0, 0.05) is 13.5 Å². The average Bonchev–Trinajstić information content (AvgIpc) is 2.45. The van der Waals surface area contributed by atoms with Crippen molar-refractivity contribution in [2.75, 3.05) is 7.11 Å². The number of carbonyl (C=O) groups excluding carboxylic acids is 3. The number of hydrogen-bond donors (Lipinski definition) is 0. The minimum atomic E-state index is -0.827. The van der Waals surface area contributed by atoms with Crippen LogP contribution < -0.4 is 0 Å². The van der Waals surface area contributed by atoms with Crippen LogP contribution in [0.25, 0.3) is 0 Å². The van der Waals surface area contributed by atoms with Crippen molar-refractivity contribution in [3.05, 3.63) is 0 Å². The van der Waals surface area contributed by atoms with Crippen molar-refractivity contribution < 1.29 is 24.0 Å². The molecule has 1 unspecified atom stereocenters. The highest BCUT2D eigenvalue weighted by Gasteiger charge is 2.41. The maximum Gasteiger partial charge on any atom is 0.333 e. The number of ether oxygens (including phenoxy) is 1. The fourth-order valence-corrected chi connectivity index (χ4v) is 1.21. The second kappa shape index (κ2) is 4.88. The highest BCUT2D eigenvalue weighted by atomic mass is 16.7. The van der Waals surface area contributed by atoms with Gasteiger partial charge in [-0.25, -0.2) is 4.79 Å². The zero-order valence-electron chi connectivity index (χ0n) is 8.69. The van der Waals surface area contributed by atoms with E-state index < -0.39 is 23.9 Å². The Bertz CT molecular complexity index is 288. The van der Waals surface area contributed by atoms with Crippen LogP contribution in [-0.2, 0) is 24.0 Å². The van der Waals surface area contributed by atoms with Crippen molar-refractivity contribution in [3.63, 3.8) is 0 Å². The largest absolute Gasteiger partial charge is 0.371 e. The third-order valence-corrected chi connectivity index (χ3v) is 1.99. The third-order valence-electron chi connectivity index (χ3n) is 1.99. The van der Waals surface area contributed by atoms with Crippen LogP contribution in [0.1, 0.15) is 26.2 Å². The summed E-state index contributed by atoms with van der Waals surface area (Å²) in [4.78, 5) is 38.3. The Hall–Kier alpha value is -1.43. The van der Waals surface area contributed by atoms with Gasteiger partial charge in [0.2, 0.25) is 0 Å². The second-order valence-electron chi connectivity index (χ2n) is 3.17. The van der Waals surface area contributed by atoms with Gasteiger partial charge in [0.25, 0.3) is 11.8 Å². The molecule has 0 bridgehead atoms. The average molecular weight is 215 g/mol. The Morgan fingerprint density at radius 3 is 2.67 bits per heavy atom. The van der Waals surface area contributed by atoms with E-state index in [0.29, 0.717) is 11.5 Å². The molecule has 1 rings (SSSR count). The van der Waals surface area contributed by atoms with Crippen molar-refractivity contribution in [1.82, 2.24) is 5.06 Å². The molecule has 84 valence electrons. The van der Waals surface area contributed by atoms with Gasteiger partial charge in [-0.15, -0.1) is 0 Å². The normalized spacial score (nSPS) is 20.9. The van der Waals surface area contributed by atoms with Gasteiger partial charge in [0.1, 0.15) is 6.10 Å². The molecule has 1 saturated heterocycles. The third kappa shape index (κ3) is 2.53. The summed E-state index contributed by atoms with van der Waals surface area (Å²) in [5, 5.41) is 0.492. The monoisotopic (exact) mass is 215 g/mol. The van der Waals surface area contributed by atoms with Crippen molar-refractivity contribution in [1.29, 1.82) is 0 Å². The van der Waals surface area contributed by atoms with E-state index in [0.717, 1.165) is 0 Å². The highest BCUT2D eigenvalue weighted by molar-refractivity contribution is 6.04. The number of imide groups is 1. The molecule has 0 spiro atoms. The number of amides is 2. The summed E-state index contributed by atoms with van der Waals surface area (Å²) in [5.41, 5.74) is 0. The number of hydrogen-bond acceptors (Lipinski definition) is 5. The summed E-state index contributed by atoms with van der Waals surface area (Å²) in [6.07, 6.45) is -0.126. The Balaban J connectivity index is 2.59. The first-order chi connectivity index (χ1) is 7.10. The molecule has 15 heavy (non-hydrogen) atoms. The predicted molar refractivity (Wildman–Crippen MR) is 48.3 cm³/mol. The number of methoxy groups -OCH3 is 1. The molecule has 1 aliphatic heterocycles. The summed E-state index contributed by atoms with van der Waals surface area (Å²) < 4.78 is 4.76.